The van der Waals surface area contributed by atoms with Gasteiger partial charge in [-0.25, -0.2) is 9.51 Å². The Kier molecular flexibility index (Phi) is 3.16. The molecule has 0 saturated carbocycles. The summed E-state index contributed by atoms with van der Waals surface area (Å²) >= 11 is 12.2. The maximum Gasteiger partial charge on any atom is 0.194 e. The third-order valence-electron chi connectivity index (χ3n) is 1.99. The SMILES string of the molecule is N#CC1=CN=P(Cl)(c2ccccc2)N=C1Cl. The number of benzene rings is 1. The van der Waals surface area contributed by atoms with Crippen molar-refractivity contribution in [2.45, 2.75) is 0 Å². The van der Waals surface area contributed by atoms with E-state index in [2.05, 4.69) is 9.51 Å². The molecule has 1 atom stereocenters. The van der Waals surface area contributed by atoms with Gasteiger partial charge in [0, 0.05) is 11.5 Å². The average molecular weight is 270 g/mol. The van der Waals surface area contributed by atoms with Gasteiger partial charge in [0.1, 0.15) is 11.6 Å². The molecule has 1 heterocycles. The molecule has 0 bridgehead atoms. The van der Waals surface area contributed by atoms with Crippen LogP contribution < -0.4 is 5.30 Å². The minimum atomic E-state index is -2.50. The molecule has 0 radical (unpaired) electrons. The van der Waals surface area contributed by atoms with Gasteiger partial charge in [0.05, 0.1) is 0 Å². The van der Waals surface area contributed by atoms with Gasteiger partial charge in [0.2, 0.25) is 0 Å². The minimum Gasteiger partial charge on any atom is -0.233 e. The van der Waals surface area contributed by atoms with Crippen molar-refractivity contribution < 1.29 is 0 Å². The smallest absolute Gasteiger partial charge is 0.194 e. The fraction of sp³-hybridized carbons (Fsp3) is 0. The summed E-state index contributed by atoms with van der Waals surface area (Å²) in [5.74, 6) is 0. The van der Waals surface area contributed by atoms with E-state index in [0.717, 1.165) is 5.30 Å². The first-order chi connectivity index (χ1) is 7.65. The highest BCUT2D eigenvalue weighted by Gasteiger charge is 2.22. The van der Waals surface area contributed by atoms with E-state index in [0.29, 0.717) is 0 Å². The lowest BCUT2D eigenvalue weighted by Gasteiger charge is -2.15. The molecule has 0 fully saturated rings. The number of rotatable bonds is 1. The Bertz CT molecular complexity index is 569. The van der Waals surface area contributed by atoms with Crippen molar-refractivity contribution in [3.05, 3.63) is 42.1 Å². The first-order valence-corrected chi connectivity index (χ1v) is 7.36. The predicted octanol–water partition coefficient (Wildman–Crippen LogP) is 3.64. The van der Waals surface area contributed by atoms with Crippen LogP contribution in [0.5, 0.6) is 0 Å². The van der Waals surface area contributed by atoms with Crippen LogP contribution in [0, 0.1) is 11.3 Å². The Morgan fingerprint density at radius 1 is 1.25 bits per heavy atom. The quantitative estimate of drug-likeness (QED) is 0.718. The van der Waals surface area contributed by atoms with E-state index in [1.165, 1.54) is 6.20 Å². The molecular weight excluding hydrogens is 264 g/mol. The Morgan fingerprint density at radius 3 is 2.50 bits per heavy atom. The van der Waals surface area contributed by atoms with Crippen LogP contribution in [0.4, 0.5) is 0 Å². The van der Waals surface area contributed by atoms with Crippen molar-refractivity contribution in [1.29, 1.82) is 5.26 Å². The van der Waals surface area contributed by atoms with Crippen molar-refractivity contribution in [2.75, 3.05) is 0 Å². The van der Waals surface area contributed by atoms with Crippen LogP contribution in [0.25, 0.3) is 0 Å². The molecule has 1 unspecified atom stereocenters. The lowest BCUT2D eigenvalue weighted by atomic mass is 10.3. The second kappa shape index (κ2) is 4.43. The maximum absolute atomic E-state index is 8.73. The summed E-state index contributed by atoms with van der Waals surface area (Å²) in [4.78, 5) is 0. The molecule has 3 nitrogen and oxygen atoms in total. The topological polar surface area (TPSA) is 48.5 Å². The van der Waals surface area contributed by atoms with Gasteiger partial charge in [0.25, 0.3) is 0 Å². The normalized spacial score (nSPS) is 23.8. The van der Waals surface area contributed by atoms with Gasteiger partial charge in [-0.2, -0.15) is 5.26 Å². The Hall–Kier alpha value is -1.07. The zero-order valence-corrected chi connectivity index (χ0v) is 10.4. The van der Waals surface area contributed by atoms with Gasteiger partial charge in [0.15, 0.2) is 11.7 Å². The van der Waals surface area contributed by atoms with Gasteiger partial charge in [-0.15, -0.1) is 0 Å². The second-order valence-corrected chi connectivity index (χ2v) is 6.79. The molecule has 0 saturated heterocycles. The number of hydrogen-bond donors (Lipinski definition) is 0. The van der Waals surface area contributed by atoms with Crippen molar-refractivity contribution >= 4 is 39.9 Å². The average Bonchev–Trinajstić information content (AvgIpc) is 2.30. The summed E-state index contributed by atoms with van der Waals surface area (Å²) < 4.78 is 8.29. The summed E-state index contributed by atoms with van der Waals surface area (Å²) in [5, 5.41) is 9.68. The molecule has 16 heavy (non-hydrogen) atoms. The van der Waals surface area contributed by atoms with Crippen molar-refractivity contribution in [3.8, 4) is 6.07 Å². The van der Waals surface area contributed by atoms with Gasteiger partial charge in [-0.05, 0) is 11.2 Å². The Morgan fingerprint density at radius 2 is 1.94 bits per heavy atom. The van der Waals surface area contributed by atoms with E-state index in [1.54, 1.807) is 0 Å². The van der Waals surface area contributed by atoms with Crippen molar-refractivity contribution in [2.24, 2.45) is 9.51 Å². The molecule has 0 N–H and O–H groups in total. The molecule has 6 heteroatoms. The van der Waals surface area contributed by atoms with E-state index < -0.39 is 6.56 Å². The first-order valence-electron chi connectivity index (χ1n) is 4.39. The molecular formula is C10H6Cl2N3P. The van der Waals surface area contributed by atoms with Crippen LogP contribution in [0.1, 0.15) is 0 Å². The molecule has 0 aliphatic carbocycles. The third kappa shape index (κ3) is 2.05. The highest BCUT2D eigenvalue weighted by molar-refractivity contribution is 7.96. The zero-order valence-electron chi connectivity index (χ0n) is 8.01. The van der Waals surface area contributed by atoms with E-state index in [4.69, 9.17) is 28.1 Å². The molecule has 0 spiro atoms. The van der Waals surface area contributed by atoms with Crippen LogP contribution in [0.3, 0.4) is 0 Å². The van der Waals surface area contributed by atoms with Crippen LogP contribution in [-0.2, 0) is 0 Å². The molecule has 80 valence electrons. The fourth-order valence-electron chi connectivity index (χ4n) is 1.20. The van der Waals surface area contributed by atoms with Gasteiger partial charge in [-0.1, -0.05) is 41.9 Å². The summed E-state index contributed by atoms with van der Waals surface area (Å²) in [7, 11) is 0. The molecule has 0 aromatic heterocycles. The molecule has 2 rings (SSSR count). The van der Waals surface area contributed by atoms with Gasteiger partial charge in [-0.3, -0.25) is 0 Å². The van der Waals surface area contributed by atoms with Crippen molar-refractivity contribution in [3.63, 3.8) is 0 Å². The summed E-state index contributed by atoms with van der Waals surface area (Å²) in [6, 6.07) is 11.2. The van der Waals surface area contributed by atoms with Crippen LogP contribution in [0.15, 0.2) is 51.6 Å². The Balaban J connectivity index is 2.56. The lowest BCUT2D eigenvalue weighted by molar-refractivity contribution is 1.47. The summed E-state index contributed by atoms with van der Waals surface area (Å²) in [6.07, 6.45) is 1.39. The van der Waals surface area contributed by atoms with Crippen LogP contribution in [-0.4, -0.2) is 5.17 Å². The number of nitrogens with zero attached hydrogens (tertiary/aromatic N) is 3. The van der Waals surface area contributed by atoms with Crippen LogP contribution in [0.2, 0.25) is 0 Å². The van der Waals surface area contributed by atoms with Gasteiger partial charge >= 0.3 is 0 Å². The Labute approximate surface area is 103 Å². The number of halogens is 2. The van der Waals surface area contributed by atoms with E-state index in [9.17, 15) is 0 Å². The van der Waals surface area contributed by atoms with E-state index in [1.807, 2.05) is 36.4 Å². The molecule has 1 aromatic carbocycles. The summed E-state index contributed by atoms with van der Waals surface area (Å²) in [6.45, 7) is -2.50. The van der Waals surface area contributed by atoms with E-state index >= 15 is 0 Å². The monoisotopic (exact) mass is 269 g/mol. The van der Waals surface area contributed by atoms with Gasteiger partial charge < -0.3 is 0 Å². The lowest BCUT2D eigenvalue weighted by Crippen LogP contribution is -2.03. The molecule has 1 aliphatic heterocycles. The maximum atomic E-state index is 8.73. The number of hydrogen-bond acceptors (Lipinski definition) is 3. The third-order valence-corrected chi connectivity index (χ3v) is 5.31. The molecule has 1 aromatic rings. The van der Waals surface area contributed by atoms with E-state index in [-0.39, 0.29) is 10.7 Å². The fourth-order valence-corrected chi connectivity index (χ4v) is 3.89. The molecule has 1 aliphatic rings. The highest BCUT2D eigenvalue weighted by atomic mass is 35.7. The largest absolute Gasteiger partial charge is 0.233 e. The summed E-state index contributed by atoms with van der Waals surface area (Å²) in [5.41, 5.74) is 0.244. The predicted molar refractivity (Wildman–Crippen MR) is 68.3 cm³/mol. The zero-order chi connectivity index (χ0) is 11.6. The first kappa shape index (κ1) is 11.4. The molecule has 0 amide bonds. The minimum absolute atomic E-state index is 0.129. The number of allylic oxidation sites excluding steroid dienone is 1. The second-order valence-electron chi connectivity index (χ2n) is 3.02. The standard InChI is InChI=1S/C10H6Cl2N3P/c11-10-8(6-13)7-14-16(12,15-10)9-4-2-1-3-5-9/h1-5,7H. The van der Waals surface area contributed by atoms with Crippen molar-refractivity contribution in [1.82, 2.24) is 0 Å². The number of nitriles is 1. The highest BCUT2D eigenvalue weighted by Crippen LogP contribution is 2.57. The van der Waals surface area contributed by atoms with Crippen LogP contribution >= 0.6 is 29.4 Å².